The van der Waals surface area contributed by atoms with Crippen LogP contribution in [0.15, 0.2) is 81.9 Å². The second-order valence-electron chi connectivity index (χ2n) is 5.33. The van der Waals surface area contributed by atoms with Gasteiger partial charge in [-0.3, -0.25) is 4.79 Å². The normalized spacial score (nSPS) is 10.9. The Morgan fingerprint density at radius 2 is 1.62 bits per heavy atom. The highest BCUT2D eigenvalue weighted by Crippen LogP contribution is 2.21. The fourth-order valence-electron chi connectivity index (χ4n) is 2.29. The van der Waals surface area contributed by atoms with Gasteiger partial charge in [0.05, 0.1) is 18.1 Å². The van der Waals surface area contributed by atoms with Crippen LogP contribution in [0, 0.1) is 11.3 Å². The number of hydrogen-bond donors (Lipinski definition) is 2. The smallest absolute Gasteiger partial charge is 0.268 e. The van der Waals surface area contributed by atoms with E-state index in [4.69, 9.17) is 0 Å². The van der Waals surface area contributed by atoms with Crippen LogP contribution in [-0.2, 0) is 0 Å². The molecule has 0 unspecified atom stereocenters. The molecule has 0 radical (unpaired) electrons. The molecule has 0 saturated heterocycles. The molecule has 1 heterocycles. The molecule has 0 saturated carbocycles. The molecule has 6 heteroatoms. The van der Waals surface area contributed by atoms with Crippen molar-refractivity contribution in [3.05, 3.63) is 93.9 Å². The molecule has 0 bridgehead atoms. The summed E-state index contributed by atoms with van der Waals surface area (Å²) in [5.41, 5.74) is 2.15. The predicted molar refractivity (Wildman–Crippen MR) is 103 cm³/mol. The topological polar surface area (TPSA) is 93.4 Å². The molecule has 2 aromatic carbocycles. The van der Waals surface area contributed by atoms with E-state index < -0.39 is 5.56 Å². The van der Waals surface area contributed by atoms with Crippen molar-refractivity contribution in [1.29, 1.82) is 5.26 Å². The lowest BCUT2D eigenvalue weighted by atomic mass is 10.1. The summed E-state index contributed by atoms with van der Waals surface area (Å²) in [6, 6.07) is 20.8. The van der Waals surface area contributed by atoms with Gasteiger partial charge in [0.1, 0.15) is 11.6 Å². The number of nitriles is 1. The third-order valence-electron chi connectivity index (χ3n) is 3.55. The number of H-pyrrole nitrogens is 1. The first-order valence-corrected chi connectivity index (χ1v) is 7.87. The van der Waals surface area contributed by atoms with Crippen LogP contribution in [0.4, 0.5) is 11.4 Å². The molecule has 6 nitrogen and oxygen atoms in total. The van der Waals surface area contributed by atoms with E-state index in [1.807, 2.05) is 66.7 Å². The fourth-order valence-corrected chi connectivity index (χ4v) is 2.29. The van der Waals surface area contributed by atoms with Crippen LogP contribution in [0.1, 0.15) is 16.7 Å². The van der Waals surface area contributed by atoms with Gasteiger partial charge in [-0.15, -0.1) is 0 Å². The lowest BCUT2D eigenvalue weighted by Crippen LogP contribution is -2.14. The summed E-state index contributed by atoms with van der Waals surface area (Å²) in [5, 5.41) is 20.5. The minimum Gasteiger partial charge on any atom is -0.354 e. The number of para-hydroxylation sites is 1. The molecule has 1 aromatic heterocycles. The van der Waals surface area contributed by atoms with Gasteiger partial charge in [-0.05, 0) is 17.7 Å². The Balaban J connectivity index is 1.91. The maximum atomic E-state index is 11.9. The largest absolute Gasteiger partial charge is 0.354 e. The van der Waals surface area contributed by atoms with Gasteiger partial charge in [-0.25, -0.2) is 0 Å². The molecule has 0 spiro atoms. The van der Waals surface area contributed by atoms with E-state index >= 15 is 0 Å². The summed E-state index contributed by atoms with van der Waals surface area (Å²) in [6.45, 7) is 0. The van der Waals surface area contributed by atoms with Crippen LogP contribution >= 0.6 is 0 Å². The fraction of sp³-hybridized carbons (Fsp3) is 0. The number of rotatable bonds is 5. The van der Waals surface area contributed by atoms with E-state index in [9.17, 15) is 10.1 Å². The van der Waals surface area contributed by atoms with Gasteiger partial charge >= 0.3 is 0 Å². The van der Waals surface area contributed by atoms with E-state index in [-0.39, 0.29) is 5.56 Å². The van der Waals surface area contributed by atoms with Crippen molar-refractivity contribution in [3.63, 3.8) is 0 Å². The summed E-state index contributed by atoms with van der Waals surface area (Å²) >= 11 is 0. The number of nitrogens with one attached hydrogen (secondary N) is 2. The number of aromatic nitrogens is 1. The Kier molecular flexibility index (Phi) is 5.33. The minimum atomic E-state index is -0.462. The van der Waals surface area contributed by atoms with Crippen LogP contribution < -0.4 is 10.9 Å². The maximum absolute atomic E-state index is 11.9. The highest BCUT2D eigenvalue weighted by atomic mass is 16.1. The van der Waals surface area contributed by atoms with Crippen LogP contribution in [0.25, 0.3) is 0 Å². The van der Waals surface area contributed by atoms with Crippen LogP contribution in [0.2, 0.25) is 0 Å². The first-order valence-electron chi connectivity index (χ1n) is 7.87. The first kappa shape index (κ1) is 16.9. The Hall–Kier alpha value is -3.98. The summed E-state index contributed by atoms with van der Waals surface area (Å²) in [6.07, 6.45) is 4.61. The monoisotopic (exact) mass is 341 g/mol. The highest BCUT2D eigenvalue weighted by molar-refractivity contribution is 5.91. The summed E-state index contributed by atoms with van der Waals surface area (Å²) in [7, 11) is 0. The maximum Gasteiger partial charge on any atom is 0.268 e. The standard InChI is InChI=1S/C20H15N5O/c21-11-18-19(25-17-9-5-2-6-10-17)16(13-22-20(18)26)14-24-23-12-15-7-3-1-4-8-15/h1-10,12-14H,(H2,22,25,26)/b23-12-,24-14+. The van der Waals surface area contributed by atoms with Gasteiger partial charge in [0.25, 0.3) is 5.56 Å². The van der Waals surface area contributed by atoms with Crippen LogP contribution in [0.3, 0.4) is 0 Å². The van der Waals surface area contributed by atoms with Gasteiger partial charge in [-0.2, -0.15) is 15.5 Å². The zero-order valence-electron chi connectivity index (χ0n) is 13.8. The molecule has 2 N–H and O–H groups in total. The van der Waals surface area contributed by atoms with E-state index in [0.29, 0.717) is 11.3 Å². The number of benzene rings is 2. The Bertz CT molecular complexity index is 1030. The molecule has 0 aliphatic carbocycles. The number of aromatic amines is 1. The van der Waals surface area contributed by atoms with Crippen molar-refractivity contribution < 1.29 is 0 Å². The third kappa shape index (κ3) is 4.10. The second-order valence-corrected chi connectivity index (χ2v) is 5.33. The van der Waals surface area contributed by atoms with Gasteiger partial charge in [-0.1, -0.05) is 48.5 Å². The molecule has 0 aliphatic heterocycles. The van der Waals surface area contributed by atoms with E-state index in [0.717, 1.165) is 11.3 Å². The van der Waals surface area contributed by atoms with Crippen LogP contribution in [0.5, 0.6) is 0 Å². The van der Waals surface area contributed by atoms with Gasteiger partial charge < -0.3 is 10.3 Å². The van der Waals surface area contributed by atoms with Crippen molar-refractivity contribution in [1.82, 2.24) is 4.98 Å². The summed E-state index contributed by atoms with van der Waals surface area (Å²) < 4.78 is 0. The average molecular weight is 341 g/mol. The molecule has 3 aromatic rings. The highest BCUT2D eigenvalue weighted by Gasteiger charge is 2.11. The zero-order chi connectivity index (χ0) is 18.2. The molecule has 0 amide bonds. The van der Waals surface area contributed by atoms with Crippen molar-refractivity contribution in [3.8, 4) is 6.07 Å². The Morgan fingerprint density at radius 3 is 2.31 bits per heavy atom. The van der Waals surface area contributed by atoms with E-state index in [1.54, 1.807) is 6.21 Å². The lowest BCUT2D eigenvalue weighted by Gasteiger charge is -2.10. The Labute approximate surface area is 150 Å². The minimum absolute atomic E-state index is 0.00941. The predicted octanol–water partition coefficient (Wildman–Crippen LogP) is 3.44. The molecule has 3 rings (SSSR count). The molecule has 0 aliphatic rings. The number of hydrogen-bond acceptors (Lipinski definition) is 5. The third-order valence-corrected chi connectivity index (χ3v) is 3.55. The van der Waals surface area contributed by atoms with Crippen molar-refractivity contribution in [2.75, 3.05) is 5.32 Å². The first-order chi connectivity index (χ1) is 12.8. The van der Waals surface area contributed by atoms with Crippen molar-refractivity contribution in [2.45, 2.75) is 0 Å². The van der Waals surface area contributed by atoms with Crippen molar-refractivity contribution in [2.24, 2.45) is 10.2 Å². The molecular formula is C20H15N5O. The molecule has 0 atom stereocenters. The second kappa shape index (κ2) is 8.22. The van der Waals surface area contributed by atoms with Gasteiger partial charge in [0.2, 0.25) is 0 Å². The molecule has 26 heavy (non-hydrogen) atoms. The van der Waals surface area contributed by atoms with Gasteiger partial charge in [0.15, 0.2) is 0 Å². The molecule has 0 fully saturated rings. The zero-order valence-corrected chi connectivity index (χ0v) is 13.8. The average Bonchev–Trinajstić information content (AvgIpc) is 2.68. The van der Waals surface area contributed by atoms with E-state index in [2.05, 4.69) is 20.5 Å². The number of anilines is 2. The lowest BCUT2D eigenvalue weighted by molar-refractivity contribution is 1.20. The Morgan fingerprint density at radius 1 is 0.962 bits per heavy atom. The SMILES string of the molecule is N#Cc1c(Nc2ccccc2)c(/C=N/N=C\c2ccccc2)c[nH]c1=O. The number of pyridine rings is 1. The van der Waals surface area contributed by atoms with Crippen molar-refractivity contribution >= 4 is 23.8 Å². The molecular weight excluding hydrogens is 326 g/mol. The van der Waals surface area contributed by atoms with Crippen LogP contribution in [-0.4, -0.2) is 17.4 Å². The summed E-state index contributed by atoms with van der Waals surface area (Å²) in [5.74, 6) is 0. The number of nitrogens with zero attached hydrogens (tertiary/aromatic N) is 3. The van der Waals surface area contributed by atoms with E-state index in [1.165, 1.54) is 12.4 Å². The van der Waals surface area contributed by atoms with Gasteiger partial charge in [0, 0.05) is 17.4 Å². The summed E-state index contributed by atoms with van der Waals surface area (Å²) in [4.78, 5) is 14.5. The molecule has 126 valence electrons. The quantitative estimate of drug-likeness (QED) is 0.550.